The van der Waals surface area contributed by atoms with Gasteiger partial charge in [-0.15, -0.1) is 11.3 Å². The Balaban J connectivity index is 1.67. The summed E-state index contributed by atoms with van der Waals surface area (Å²) in [5, 5.41) is 4.58. The maximum Gasteiger partial charge on any atom is 0.251 e. The highest BCUT2D eigenvalue weighted by Crippen LogP contribution is 2.37. The number of fused-ring (bicyclic) bond motifs is 1. The molecule has 0 bridgehead atoms. The number of benzene rings is 1. The molecular weight excluding hydrogens is 405 g/mol. The normalized spacial score (nSPS) is 13.5. The standard InChI is InChI=1S/C19H21Cl2N3O2S/c1-24(9-11-6-7-12(20)8-14(11)21)10-16(25)23-19-17(18(22)26)13-4-2-3-5-15(13)27-19/h6-8H,2-5,9-10H2,1H3,(H2,22,26)(H,23,25). The van der Waals surface area contributed by atoms with Gasteiger partial charge in [0.2, 0.25) is 5.91 Å². The summed E-state index contributed by atoms with van der Waals surface area (Å²) in [4.78, 5) is 27.4. The summed E-state index contributed by atoms with van der Waals surface area (Å²) in [7, 11) is 1.83. The number of hydrogen-bond donors (Lipinski definition) is 2. The van der Waals surface area contributed by atoms with Crippen molar-refractivity contribution in [1.29, 1.82) is 0 Å². The molecule has 0 aliphatic heterocycles. The lowest BCUT2D eigenvalue weighted by Crippen LogP contribution is -2.30. The molecule has 8 heteroatoms. The van der Waals surface area contributed by atoms with Crippen molar-refractivity contribution in [1.82, 2.24) is 4.90 Å². The number of nitrogens with two attached hydrogens (primary N) is 1. The molecule has 0 saturated carbocycles. The van der Waals surface area contributed by atoms with E-state index in [1.807, 2.05) is 18.0 Å². The molecule has 1 aromatic carbocycles. The Morgan fingerprint density at radius 2 is 2.00 bits per heavy atom. The SMILES string of the molecule is CN(CC(=O)Nc1sc2c(c1C(N)=O)CCCC2)Cc1ccc(Cl)cc1Cl. The summed E-state index contributed by atoms with van der Waals surface area (Å²) >= 11 is 13.6. The minimum absolute atomic E-state index is 0.166. The molecule has 5 nitrogen and oxygen atoms in total. The van der Waals surface area contributed by atoms with Gasteiger partial charge in [-0.05, 0) is 56.0 Å². The van der Waals surface area contributed by atoms with Gasteiger partial charge in [0, 0.05) is 21.5 Å². The lowest BCUT2D eigenvalue weighted by atomic mass is 9.95. The Labute approximate surface area is 172 Å². The molecule has 27 heavy (non-hydrogen) atoms. The van der Waals surface area contributed by atoms with E-state index in [1.54, 1.807) is 12.1 Å². The number of amides is 2. The number of nitrogens with zero attached hydrogens (tertiary/aromatic N) is 1. The van der Waals surface area contributed by atoms with Crippen molar-refractivity contribution >= 4 is 51.4 Å². The van der Waals surface area contributed by atoms with Crippen molar-refractivity contribution in [2.24, 2.45) is 5.73 Å². The monoisotopic (exact) mass is 425 g/mol. The average molecular weight is 426 g/mol. The Bertz CT molecular complexity index is 882. The molecule has 2 amide bonds. The number of hydrogen-bond acceptors (Lipinski definition) is 4. The zero-order valence-electron chi connectivity index (χ0n) is 15.0. The zero-order valence-corrected chi connectivity index (χ0v) is 17.3. The van der Waals surface area contributed by atoms with E-state index >= 15 is 0 Å². The van der Waals surface area contributed by atoms with Crippen LogP contribution < -0.4 is 11.1 Å². The van der Waals surface area contributed by atoms with Crippen LogP contribution in [0.2, 0.25) is 10.0 Å². The van der Waals surface area contributed by atoms with E-state index in [-0.39, 0.29) is 12.5 Å². The second-order valence-corrected chi connectivity index (χ2v) is 8.68. The molecule has 0 atom stereocenters. The van der Waals surface area contributed by atoms with E-state index in [1.165, 1.54) is 11.3 Å². The third-order valence-electron chi connectivity index (χ3n) is 4.54. The number of rotatable bonds is 6. The highest BCUT2D eigenvalue weighted by atomic mass is 35.5. The van der Waals surface area contributed by atoms with Crippen LogP contribution in [0.25, 0.3) is 0 Å². The minimum atomic E-state index is -0.481. The molecule has 2 aromatic rings. The van der Waals surface area contributed by atoms with E-state index in [0.29, 0.717) is 27.2 Å². The number of aryl methyl sites for hydroxylation is 1. The summed E-state index contributed by atoms with van der Waals surface area (Å²) in [6, 6.07) is 5.30. The number of nitrogens with one attached hydrogen (secondary N) is 1. The fourth-order valence-corrected chi connectivity index (χ4v) is 5.10. The smallest absolute Gasteiger partial charge is 0.251 e. The van der Waals surface area contributed by atoms with Crippen LogP contribution in [0.15, 0.2) is 18.2 Å². The quantitative estimate of drug-likeness (QED) is 0.730. The van der Waals surface area contributed by atoms with Gasteiger partial charge in [-0.25, -0.2) is 0 Å². The number of likely N-dealkylation sites (N-methyl/N-ethyl adjacent to an activating group) is 1. The van der Waals surface area contributed by atoms with Crippen molar-refractivity contribution in [2.45, 2.75) is 32.2 Å². The molecule has 0 fully saturated rings. The molecule has 1 aliphatic rings. The molecule has 0 spiro atoms. The van der Waals surface area contributed by atoms with Crippen LogP contribution >= 0.6 is 34.5 Å². The van der Waals surface area contributed by atoms with Crippen LogP contribution in [-0.4, -0.2) is 30.3 Å². The van der Waals surface area contributed by atoms with Crippen LogP contribution in [0, 0.1) is 0 Å². The first kappa shape index (κ1) is 20.1. The van der Waals surface area contributed by atoms with Crippen molar-refractivity contribution < 1.29 is 9.59 Å². The molecule has 3 N–H and O–H groups in total. The molecule has 1 aliphatic carbocycles. The van der Waals surface area contributed by atoms with Gasteiger partial charge < -0.3 is 11.1 Å². The van der Waals surface area contributed by atoms with Crippen LogP contribution in [0.1, 0.15) is 39.2 Å². The molecule has 1 aromatic heterocycles. The van der Waals surface area contributed by atoms with Crippen LogP contribution in [0.4, 0.5) is 5.00 Å². The minimum Gasteiger partial charge on any atom is -0.365 e. The molecule has 0 saturated heterocycles. The van der Waals surface area contributed by atoms with Gasteiger partial charge in [-0.3, -0.25) is 14.5 Å². The molecule has 144 valence electrons. The highest BCUT2D eigenvalue weighted by Gasteiger charge is 2.25. The Kier molecular flexibility index (Phi) is 6.42. The number of carbonyl (C=O) groups is 2. The summed E-state index contributed by atoms with van der Waals surface area (Å²) in [5.74, 6) is -0.672. The van der Waals surface area contributed by atoms with Gasteiger partial charge in [0.25, 0.3) is 5.91 Å². The fraction of sp³-hybridized carbons (Fsp3) is 0.368. The summed E-state index contributed by atoms with van der Waals surface area (Å²) < 4.78 is 0. The molecule has 3 rings (SSSR count). The fourth-order valence-electron chi connectivity index (χ4n) is 3.32. The number of primary amides is 1. The van der Waals surface area contributed by atoms with Gasteiger partial charge >= 0.3 is 0 Å². The van der Waals surface area contributed by atoms with E-state index in [0.717, 1.165) is 41.7 Å². The lowest BCUT2D eigenvalue weighted by Gasteiger charge is -2.17. The van der Waals surface area contributed by atoms with E-state index in [4.69, 9.17) is 28.9 Å². The van der Waals surface area contributed by atoms with Gasteiger partial charge in [0.15, 0.2) is 0 Å². The predicted octanol–water partition coefficient (Wildman–Crippen LogP) is 4.10. The average Bonchev–Trinajstić information content (AvgIpc) is 2.95. The second kappa shape index (κ2) is 8.61. The Morgan fingerprint density at radius 1 is 1.26 bits per heavy atom. The van der Waals surface area contributed by atoms with E-state index < -0.39 is 5.91 Å². The zero-order chi connectivity index (χ0) is 19.6. The Hall–Kier alpha value is -1.60. The van der Waals surface area contributed by atoms with Gasteiger partial charge in [0.05, 0.1) is 12.1 Å². The van der Waals surface area contributed by atoms with Crippen LogP contribution in [0.5, 0.6) is 0 Å². The van der Waals surface area contributed by atoms with Gasteiger partial charge in [-0.2, -0.15) is 0 Å². The third-order valence-corrected chi connectivity index (χ3v) is 6.33. The molecular formula is C19H21Cl2N3O2S. The maximum atomic E-state index is 12.5. The van der Waals surface area contributed by atoms with Crippen molar-refractivity contribution in [3.05, 3.63) is 49.8 Å². The maximum absolute atomic E-state index is 12.5. The number of carbonyl (C=O) groups excluding carboxylic acids is 2. The van der Waals surface area contributed by atoms with E-state index in [2.05, 4.69) is 5.32 Å². The van der Waals surface area contributed by atoms with Crippen molar-refractivity contribution in [2.75, 3.05) is 18.9 Å². The topological polar surface area (TPSA) is 75.4 Å². The molecule has 0 unspecified atom stereocenters. The number of anilines is 1. The molecule has 1 heterocycles. The number of thiophene rings is 1. The summed E-state index contributed by atoms with van der Waals surface area (Å²) in [5.41, 5.74) is 7.95. The van der Waals surface area contributed by atoms with Gasteiger partial charge in [0.1, 0.15) is 5.00 Å². The number of halogens is 2. The van der Waals surface area contributed by atoms with Gasteiger partial charge in [-0.1, -0.05) is 29.3 Å². The first-order chi connectivity index (χ1) is 12.8. The van der Waals surface area contributed by atoms with Crippen LogP contribution in [0.3, 0.4) is 0 Å². The lowest BCUT2D eigenvalue weighted by molar-refractivity contribution is -0.117. The first-order valence-electron chi connectivity index (χ1n) is 8.72. The highest BCUT2D eigenvalue weighted by molar-refractivity contribution is 7.17. The Morgan fingerprint density at radius 3 is 2.70 bits per heavy atom. The van der Waals surface area contributed by atoms with Crippen molar-refractivity contribution in [3.8, 4) is 0 Å². The first-order valence-corrected chi connectivity index (χ1v) is 10.3. The summed E-state index contributed by atoms with van der Waals surface area (Å²) in [6.07, 6.45) is 3.92. The molecule has 0 radical (unpaired) electrons. The summed E-state index contributed by atoms with van der Waals surface area (Å²) in [6.45, 7) is 0.673. The van der Waals surface area contributed by atoms with Crippen LogP contribution in [-0.2, 0) is 24.2 Å². The third kappa shape index (κ3) is 4.82. The van der Waals surface area contributed by atoms with Crippen molar-refractivity contribution in [3.63, 3.8) is 0 Å². The largest absolute Gasteiger partial charge is 0.365 e. The van der Waals surface area contributed by atoms with E-state index in [9.17, 15) is 9.59 Å². The predicted molar refractivity (Wildman–Crippen MR) is 111 cm³/mol. The second-order valence-electron chi connectivity index (χ2n) is 6.74.